The van der Waals surface area contributed by atoms with Gasteiger partial charge in [-0.1, -0.05) is 12.1 Å². The van der Waals surface area contributed by atoms with Gasteiger partial charge in [0.15, 0.2) is 0 Å². The molecule has 28 heavy (non-hydrogen) atoms. The highest BCUT2D eigenvalue weighted by molar-refractivity contribution is 5.92. The van der Waals surface area contributed by atoms with Gasteiger partial charge in [0.05, 0.1) is 23.8 Å². The van der Waals surface area contributed by atoms with Gasteiger partial charge in [0.2, 0.25) is 5.91 Å². The Morgan fingerprint density at radius 1 is 1.21 bits per heavy atom. The first kappa shape index (κ1) is 19.7. The number of hydrogen-bond acceptors (Lipinski definition) is 5. The van der Waals surface area contributed by atoms with Crippen LogP contribution < -0.4 is 14.8 Å². The Hall–Kier alpha value is -3.09. The number of hydrogen-bond donors (Lipinski definition) is 1. The van der Waals surface area contributed by atoms with Crippen molar-refractivity contribution in [2.75, 3.05) is 12.4 Å². The van der Waals surface area contributed by atoms with E-state index in [4.69, 9.17) is 9.47 Å². The molecule has 0 bridgehead atoms. The summed E-state index contributed by atoms with van der Waals surface area (Å²) in [7, 11) is 1.45. The van der Waals surface area contributed by atoms with E-state index in [9.17, 15) is 14.9 Å². The smallest absolute Gasteiger partial charge is 0.271 e. The molecule has 1 fully saturated rings. The lowest BCUT2D eigenvalue weighted by Crippen LogP contribution is -2.13. The third-order valence-electron chi connectivity index (χ3n) is 4.81. The first-order valence-corrected chi connectivity index (χ1v) is 9.43. The van der Waals surface area contributed by atoms with Crippen LogP contribution in [-0.2, 0) is 11.2 Å². The molecule has 1 saturated carbocycles. The molecule has 1 aliphatic rings. The van der Waals surface area contributed by atoms with E-state index >= 15 is 0 Å². The third kappa shape index (κ3) is 5.22. The molecule has 0 unspecified atom stereocenters. The van der Waals surface area contributed by atoms with E-state index in [1.165, 1.54) is 38.2 Å². The molecule has 3 rings (SSSR count). The maximum absolute atomic E-state index is 12.3. The van der Waals surface area contributed by atoms with Gasteiger partial charge in [-0.2, -0.15) is 0 Å². The fourth-order valence-corrected chi connectivity index (χ4v) is 3.35. The molecule has 2 aromatic rings. The second-order valence-corrected chi connectivity index (χ2v) is 6.86. The van der Waals surface area contributed by atoms with Crippen LogP contribution in [-0.4, -0.2) is 24.0 Å². The van der Waals surface area contributed by atoms with Crippen molar-refractivity contribution in [1.29, 1.82) is 0 Å². The Bertz CT molecular complexity index is 846. The number of carbonyl (C=O) groups excluding carboxylic acids is 1. The number of benzene rings is 2. The van der Waals surface area contributed by atoms with Gasteiger partial charge in [-0.15, -0.1) is 0 Å². The second-order valence-electron chi connectivity index (χ2n) is 6.86. The van der Waals surface area contributed by atoms with Gasteiger partial charge in [0.1, 0.15) is 11.5 Å². The average molecular weight is 384 g/mol. The van der Waals surface area contributed by atoms with Crippen LogP contribution in [0.25, 0.3) is 0 Å². The van der Waals surface area contributed by atoms with E-state index in [1.807, 2.05) is 24.3 Å². The monoisotopic (exact) mass is 384 g/mol. The predicted molar refractivity (Wildman–Crippen MR) is 106 cm³/mol. The van der Waals surface area contributed by atoms with Crippen molar-refractivity contribution in [3.8, 4) is 11.5 Å². The summed E-state index contributed by atoms with van der Waals surface area (Å²) in [6.45, 7) is 0. The lowest BCUT2D eigenvalue weighted by Gasteiger charge is -2.14. The Kier molecular flexibility index (Phi) is 6.47. The Balaban J connectivity index is 1.58. The number of nitrogens with one attached hydrogen (secondary N) is 1. The molecule has 0 saturated heterocycles. The average Bonchev–Trinajstić information content (AvgIpc) is 3.19. The van der Waals surface area contributed by atoms with Crippen molar-refractivity contribution in [3.63, 3.8) is 0 Å². The van der Waals surface area contributed by atoms with E-state index in [2.05, 4.69) is 5.32 Å². The number of non-ortho nitro benzene ring substituents is 1. The topological polar surface area (TPSA) is 90.7 Å². The highest BCUT2D eigenvalue weighted by atomic mass is 16.6. The quantitative estimate of drug-likeness (QED) is 0.535. The van der Waals surface area contributed by atoms with Crippen LogP contribution in [0.2, 0.25) is 0 Å². The summed E-state index contributed by atoms with van der Waals surface area (Å²) in [6, 6.07) is 11.9. The summed E-state index contributed by atoms with van der Waals surface area (Å²) < 4.78 is 11.2. The largest absolute Gasteiger partial charge is 0.495 e. The predicted octanol–water partition coefficient (Wildman–Crippen LogP) is 4.50. The molecule has 1 aliphatic carbocycles. The molecule has 0 spiro atoms. The van der Waals surface area contributed by atoms with Gasteiger partial charge in [0.25, 0.3) is 5.69 Å². The van der Waals surface area contributed by atoms with Gasteiger partial charge in [-0.25, -0.2) is 0 Å². The van der Waals surface area contributed by atoms with Gasteiger partial charge in [-0.3, -0.25) is 14.9 Å². The number of amides is 1. The first-order chi connectivity index (χ1) is 13.5. The summed E-state index contributed by atoms with van der Waals surface area (Å²) in [6.07, 6.45) is 5.70. The second kappa shape index (κ2) is 9.21. The fourth-order valence-electron chi connectivity index (χ4n) is 3.35. The van der Waals surface area contributed by atoms with Crippen molar-refractivity contribution >= 4 is 17.3 Å². The summed E-state index contributed by atoms with van der Waals surface area (Å²) in [4.78, 5) is 22.8. The van der Waals surface area contributed by atoms with E-state index in [1.54, 1.807) is 0 Å². The third-order valence-corrected chi connectivity index (χ3v) is 4.81. The molecule has 1 N–H and O–H groups in total. The number of nitro benzene ring substituents is 1. The maximum Gasteiger partial charge on any atom is 0.271 e. The summed E-state index contributed by atoms with van der Waals surface area (Å²) in [5.74, 6) is 0.983. The fraction of sp³-hybridized carbons (Fsp3) is 0.381. The minimum atomic E-state index is -0.509. The Morgan fingerprint density at radius 3 is 2.71 bits per heavy atom. The number of aryl methyl sites for hydroxylation is 1. The number of rotatable bonds is 8. The van der Waals surface area contributed by atoms with Crippen molar-refractivity contribution in [2.24, 2.45) is 0 Å². The van der Waals surface area contributed by atoms with Gasteiger partial charge in [-0.05, 0) is 55.9 Å². The standard InChI is InChI=1S/C21H24N2O5/c1-27-20-11-10-16(23(25)26)14-19(20)22-21(24)12-9-15-5-4-8-18(13-15)28-17-6-2-3-7-17/h4-5,8,10-11,13-14,17H,2-3,6-7,9,12H2,1H3,(H,22,24). The lowest BCUT2D eigenvalue weighted by atomic mass is 10.1. The van der Waals surface area contributed by atoms with Crippen LogP contribution in [0.3, 0.4) is 0 Å². The number of nitro groups is 1. The molecule has 0 aromatic heterocycles. The molecule has 0 heterocycles. The van der Waals surface area contributed by atoms with E-state index in [0.29, 0.717) is 24.0 Å². The minimum Gasteiger partial charge on any atom is -0.495 e. The first-order valence-electron chi connectivity index (χ1n) is 9.43. The molecule has 148 valence electrons. The van der Waals surface area contributed by atoms with Crippen LogP contribution in [0.4, 0.5) is 11.4 Å². The molecule has 7 heteroatoms. The molecule has 2 aromatic carbocycles. The van der Waals surface area contributed by atoms with Crippen LogP contribution in [0, 0.1) is 10.1 Å². The highest BCUT2D eigenvalue weighted by Crippen LogP contribution is 2.29. The number of anilines is 1. The van der Waals surface area contributed by atoms with Crippen LogP contribution in [0.15, 0.2) is 42.5 Å². The zero-order valence-corrected chi connectivity index (χ0v) is 15.8. The van der Waals surface area contributed by atoms with Crippen molar-refractivity contribution in [2.45, 2.75) is 44.6 Å². The molecule has 7 nitrogen and oxygen atoms in total. The van der Waals surface area contributed by atoms with E-state index in [-0.39, 0.29) is 18.0 Å². The van der Waals surface area contributed by atoms with Crippen LogP contribution in [0.5, 0.6) is 11.5 Å². The number of nitrogens with zero attached hydrogens (tertiary/aromatic N) is 1. The minimum absolute atomic E-state index is 0.104. The lowest BCUT2D eigenvalue weighted by molar-refractivity contribution is -0.384. The number of methoxy groups -OCH3 is 1. The molecule has 0 aliphatic heterocycles. The van der Waals surface area contributed by atoms with E-state index < -0.39 is 4.92 Å². The maximum atomic E-state index is 12.3. The Morgan fingerprint density at radius 2 is 2.00 bits per heavy atom. The van der Waals surface area contributed by atoms with Crippen LogP contribution in [0.1, 0.15) is 37.7 Å². The van der Waals surface area contributed by atoms with Crippen molar-refractivity contribution in [3.05, 3.63) is 58.1 Å². The van der Waals surface area contributed by atoms with Crippen molar-refractivity contribution in [1.82, 2.24) is 0 Å². The SMILES string of the molecule is COc1ccc([N+](=O)[O-])cc1NC(=O)CCc1cccc(OC2CCCC2)c1. The van der Waals surface area contributed by atoms with Crippen LogP contribution >= 0.6 is 0 Å². The zero-order chi connectivity index (χ0) is 19.9. The normalized spacial score (nSPS) is 13.9. The summed E-state index contributed by atoms with van der Waals surface area (Å²) in [5.41, 5.74) is 1.20. The van der Waals surface area contributed by atoms with Gasteiger partial charge >= 0.3 is 0 Å². The Labute approximate surface area is 163 Å². The zero-order valence-electron chi connectivity index (χ0n) is 15.8. The van der Waals surface area contributed by atoms with Gasteiger partial charge in [0, 0.05) is 18.6 Å². The van der Waals surface area contributed by atoms with Gasteiger partial charge < -0.3 is 14.8 Å². The molecular formula is C21H24N2O5. The highest BCUT2D eigenvalue weighted by Gasteiger charge is 2.17. The van der Waals surface area contributed by atoms with Crippen molar-refractivity contribution < 1.29 is 19.2 Å². The van der Waals surface area contributed by atoms with E-state index in [0.717, 1.165) is 24.2 Å². The summed E-state index contributed by atoms with van der Waals surface area (Å²) >= 11 is 0. The number of ether oxygens (including phenoxy) is 2. The summed E-state index contributed by atoms with van der Waals surface area (Å²) in [5, 5.41) is 13.6. The molecule has 1 amide bonds. The molecular weight excluding hydrogens is 360 g/mol. The number of carbonyl (C=O) groups is 1. The molecule has 0 radical (unpaired) electrons. The molecule has 0 atom stereocenters.